The van der Waals surface area contributed by atoms with Crippen LogP contribution in [0.3, 0.4) is 0 Å². The molecule has 0 bridgehead atoms. The van der Waals surface area contributed by atoms with Gasteiger partial charge in [0.05, 0.1) is 23.9 Å². The minimum atomic E-state index is -0.668. The van der Waals surface area contributed by atoms with Crippen molar-refractivity contribution in [2.75, 3.05) is 6.61 Å². The molecule has 0 fully saturated rings. The van der Waals surface area contributed by atoms with E-state index in [4.69, 9.17) is 9.47 Å². The zero-order valence-corrected chi connectivity index (χ0v) is 20.4. The molecule has 1 unspecified atom stereocenters. The summed E-state index contributed by atoms with van der Waals surface area (Å²) < 4.78 is 11.4. The van der Waals surface area contributed by atoms with Gasteiger partial charge in [-0.25, -0.2) is 9.59 Å². The molecular formula is C29H30N2O4. The molecule has 1 aliphatic rings. The van der Waals surface area contributed by atoms with Crippen LogP contribution < -0.4 is 15.4 Å². The highest BCUT2D eigenvalue weighted by Gasteiger charge is 2.34. The lowest BCUT2D eigenvalue weighted by Crippen LogP contribution is -2.45. The van der Waals surface area contributed by atoms with Gasteiger partial charge in [-0.2, -0.15) is 0 Å². The number of carbonyl (C=O) groups is 2. The largest absolute Gasteiger partial charge is 0.463 e. The van der Waals surface area contributed by atoms with Crippen molar-refractivity contribution >= 4 is 17.7 Å². The molecule has 6 nitrogen and oxygen atoms in total. The van der Waals surface area contributed by atoms with Crippen LogP contribution in [0.15, 0.2) is 84.4 Å². The third kappa shape index (κ3) is 5.54. The summed E-state index contributed by atoms with van der Waals surface area (Å²) in [6.07, 6.45) is 0. The molecule has 0 spiro atoms. The monoisotopic (exact) mass is 470 g/mol. The Hall–Kier alpha value is -4.06. The highest BCUT2D eigenvalue weighted by Crippen LogP contribution is 2.33. The number of hydrogen-bond donors (Lipinski definition) is 2. The van der Waals surface area contributed by atoms with Gasteiger partial charge in [0, 0.05) is 0 Å². The maximum absolute atomic E-state index is 13.0. The Kier molecular flexibility index (Phi) is 6.92. The van der Waals surface area contributed by atoms with E-state index >= 15 is 0 Å². The SMILES string of the molecule is CCOC(=O)C1=C(c2ccccc2)NC(=O)NC1c1ccc(Oc2ccc(C(C)(C)C)cc2)cc1. The Morgan fingerprint density at radius 2 is 1.49 bits per heavy atom. The number of nitrogens with one attached hydrogen (secondary N) is 2. The molecule has 35 heavy (non-hydrogen) atoms. The summed E-state index contributed by atoms with van der Waals surface area (Å²) >= 11 is 0. The molecule has 1 aliphatic heterocycles. The third-order valence-electron chi connectivity index (χ3n) is 5.80. The number of amides is 2. The van der Waals surface area contributed by atoms with Crippen LogP contribution in [0.4, 0.5) is 4.79 Å². The highest BCUT2D eigenvalue weighted by atomic mass is 16.5. The van der Waals surface area contributed by atoms with Crippen LogP contribution in [-0.4, -0.2) is 18.6 Å². The average Bonchev–Trinajstić information content (AvgIpc) is 2.84. The second-order valence-electron chi connectivity index (χ2n) is 9.35. The molecule has 0 saturated carbocycles. The van der Waals surface area contributed by atoms with Crippen molar-refractivity contribution in [2.24, 2.45) is 0 Å². The number of hydrogen-bond acceptors (Lipinski definition) is 4. The Labute approximate surface area is 206 Å². The molecule has 0 saturated heterocycles. The Morgan fingerprint density at radius 3 is 2.06 bits per heavy atom. The van der Waals surface area contributed by atoms with E-state index in [1.165, 1.54) is 5.56 Å². The molecule has 0 aromatic heterocycles. The van der Waals surface area contributed by atoms with E-state index < -0.39 is 12.0 Å². The van der Waals surface area contributed by atoms with Gasteiger partial charge in [0.25, 0.3) is 0 Å². The topological polar surface area (TPSA) is 76.7 Å². The van der Waals surface area contributed by atoms with Crippen LogP contribution >= 0.6 is 0 Å². The molecule has 1 atom stereocenters. The number of ether oxygens (including phenoxy) is 2. The van der Waals surface area contributed by atoms with Crippen molar-refractivity contribution in [3.05, 3.63) is 101 Å². The van der Waals surface area contributed by atoms with Gasteiger partial charge in [0.2, 0.25) is 0 Å². The van der Waals surface area contributed by atoms with Gasteiger partial charge in [-0.05, 0) is 53.3 Å². The van der Waals surface area contributed by atoms with E-state index in [1.54, 1.807) is 6.92 Å². The van der Waals surface area contributed by atoms with E-state index in [9.17, 15) is 9.59 Å². The van der Waals surface area contributed by atoms with Crippen LogP contribution in [0.2, 0.25) is 0 Å². The van der Waals surface area contributed by atoms with Gasteiger partial charge in [0.15, 0.2) is 0 Å². The lowest BCUT2D eigenvalue weighted by molar-refractivity contribution is -0.138. The minimum Gasteiger partial charge on any atom is -0.463 e. The van der Waals surface area contributed by atoms with Crippen LogP contribution in [0.25, 0.3) is 5.70 Å². The molecule has 0 aliphatic carbocycles. The van der Waals surface area contributed by atoms with Gasteiger partial charge in [-0.15, -0.1) is 0 Å². The lowest BCUT2D eigenvalue weighted by atomic mass is 9.87. The number of rotatable bonds is 6. The normalized spacial score (nSPS) is 15.8. The Balaban J connectivity index is 1.63. The fraction of sp³-hybridized carbons (Fsp3) is 0.241. The van der Waals surface area contributed by atoms with E-state index in [-0.39, 0.29) is 18.1 Å². The predicted octanol–water partition coefficient (Wildman–Crippen LogP) is 6.10. The molecular weight excluding hydrogens is 440 g/mol. The fourth-order valence-electron chi connectivity index (χ4n) is 3.96. The van der Waals surface area contributed by atoms with Crippen LogP contribution in [0, 0.1) is 0 Å². The molecule has 6 heteroatoms. The molecule has 180 valence electrons. The first kappa shape index (κ1) is 24.1. The summed E-state index contributed by atoms with van der Waals surface area (Å²) in [6.45, 7) is 8.49. The van der Waals surface area contributed by atoms with Crippen molar-refractivity contribution in [1.29, 1.82) is 0 Å². The summed E-state index contributed by atoms with van der Waals surface area (Å²) in [4.78, 5) is 25.5. The van der Waals surface area contributed by atoms with E-state index in [1.807, 2.05) is 66.7 Å². The maximum Gasteiger partial charge on any atom is 0.338 e. The van der Waals surface area contributed by atoms with Gasteiger partial charge >= 0.3 is 12.0 Å². The molecule has 1 heterocycles. The lowest BCUT2D eigenvalue weighted by Gasteiger charge is -2.29. The van der Waals surface area contributed by atoms with Gasteiger partial charge < -0.3 is 20.1 Å². The number of esters is 1. The number of benzene rings is 3. The molecule has 3 aromatic carbocycles. The van der Waals surface area contributed by atoms with Crippen LogP contribution in [0.1, 0.15) is 50.4 Å². The third-order valence-corrected chi connectivity index (χ3v) is 5.80. The first-order valence-electron chi connectivity index (χ1n) is 11.7. The quantitative estimate of drug-likeness (QED) is 0.427. The van der Waals surface area contributed by atoms with Crippen molar-refractivity contribution in [3.63, 3.8) is 0 Å². The summed E-state index contributed by atoms with van der Waals surface area (Å²) in [5.74, 6) is 0.907. The summed E-state index contributed by atoms with van der Waals surface area (Å²) in [5, 5.41) is 5.65. The van der Waals surface area contributed by atoms with Crippen molar-refractivity contribution in [1.82, 2.24) is 10.6 Å². The van der Waals surface area contributed by atoms with Crippen molar-refractivity contribution in [3.8, 4) is 11.5 Å². The average molecular weight is 471 g/mol. The van der Waals surface area contributed by atoms with Crippen molar-refractivity contribution in [2.45, 2.75) is 39.2 Å². The standard InChI is InChI=1S/C29H30N2O4/c1-5-34-27(32)24-25(19-9-7-6-8-10-19)30-28(33)31-26(24)20-11-15-22(16-12-20)35-23-17-13-21(14-18-23)29(2,3)4/h6-18,26H,5H2,1-4H3,(H2,30,31,33). The molecule has 2 amide bonds. The molecule has 3 aromatic rings. The van der Waals surface area contributed by atoms with Crippen LogP contribution in [0.5, 0.6) is 11.5 Å². The zero-order valence-electron chi connectivity index (χ0n) is 20.4. The molecule has 0 radical (unpaired) electrons. The minimum absolute atomic E-state index is 0.0716. The molecule has 2 N–H and O–H groups in total. The highest BCUT2D eigenvalue weighted by molar-refractivity contribution is 6.04. The van der Waals surface area contributed by atoms with Crippen molar-refractivity contribution < 1.29 is 19.1 Å². The second kappa shape index (κ2) is 10.1. The Morgan fingerprint density at radius 1 is 0.886 bits per heavy atom. The summed E-state index contributed by atoms with van der Waals surface area (Å²) in [7, 11) is 0. The predicted molar refractivity (Wildman–Crippen MR) is 136 cm³/mol. The number of carbonyl (C=O) groups excluding carboxylic acids is 2. The van der Waals surface area contributed by atoms with E-state index in [0.29, 0.717) is 17.0 Å². The molecule has 4 rings (SSSR count). The maximum atomic E-state index is 13.0. The summed E-state index contributed by atoms with van der Waals surface area (Å²) in [6, 6.07) is 23.6. The fourth-order valence-corrected chi connectivity index (χ4v) is 3.96. The number of urea groups is 1. The van der Waals surface area contributed by atoms with Crippen LogP contribution in [-0.2, 0) is 14.9 Å². The van der Waals surface area contributed by atoms with Gasteiger partial charge in [-0.1, -0.05) is 75.4 Å². The second-order valence-corrected chi connectivity index (χ2v) is 9.35. The smallest absolute Gasteiger partial charge is 0.338 e. The van der Waals surface area contributed by atoms with E-state index in [0.717, 1.165) is 16.9 Å². The first-order chi connectivity index (χ1) is 16.8. The Bertz CT molecular complexity index is 1220. The zero-order chi connectivity index (χ0) is 25.0. The van der Waals surface area contributed by atoms with Gasteiger partial charge in [0.1, 0.15) is 11.5 Å². The van der Waals surface area contributed by atoms with E-state index in [2.05, 4.69) is 43.5 Å². The van der Waals surface area contributed by atoms with Gasteiger partial charge in [-0.3, -0.25) is 0 Å². The first-order valence-corrected chi connectivity index (χ1v) is 11.7. The summed E-state index contributed by atoms with van der Waals surface area (Å²) in [5.41, 5.74) is 3.57.